The first-order valence-electron chi connectivity index (χ1n) is 8.60. The van der Waals surface area contributed by atoms with Crippen LogP contribution in [0, 0.1) is 0 Å². The Bertz CT molecular complexity index is 937. The number of nitrogens with one attached hydrogen (secondary N) is 1. The van der Waals surface area contributed by atoms with Gasteiger partial charge in [-0.25, -0.2) is 0 Å². The highest BCUT2D eigenvalue weighted by atomic mass is 16.5. The van der Waals surface area contributed by atoms with Crippen molar-refractivity contribution >= 4 is 28.5 Å². The first-order valence-corrected chi connectivity index (χ1v) is 8.60. The SMILES string of the molecule is CCC(CC)c1cc(C(=O)Nc2ccc3c(ccn3CC(=O)O)c2)on1. The van der Waals surface area contributed by atoms with Crippen LogP contribution in [0.3, 0.4) is 0 Å². The Hall–Kier alpha value is -3.09. The standard InChI is InChI=1S/C19H21N3O4/c1-3-12(4-2)15-10-17(26-21-15)19(25)20-14-5-6-16-13(9-14)7-8-22(16)11-18(23)24/h5-10,12H,3-4,11H2,1-2H3,(H,20,25)(H,23,24). The lowest BCUT2D eigenvalue weighted by molar-refractivity contribution is -0.137. The predicted molar refractivity (Wildman–Crippen MR) is 97.4 cm³/mol. The number of anilines is 1. The van der Waals surface area contributed by atoms with Crippen molar-refractivity contribution in [3.05, 3.63) is 48.0 Å². The van der Waals surface area contributed by atoms with Gasteiger partial charge in [0.25, 0.3) is 5.91 Å². The summed E-state index contributed by atoms with van der Waals surface area (Å²) in [5.41, 5.74) is 2.19. The number of rotatable bonds is 7. The maximum absolute atomic E-state index is 12.4. The van der Waals surface area contributed by atoms with Gasteiger partial charge >= 0.3 is 5.97 Å². The van der Waals surface area contributed by atoms with Crippen LogP contribution in [0.5, 0.6) is 0 Å². The lowest BCUT2D eigenvalue weighted by atomic mass is 9.99. The molecule has 0 fully saturated rings. The van der Waals surface area contributed by atoms with E-state index in [0.717, 1.165) is 29.4 Å². The van der Waals surface area contributed by atoms with Gasteiger partial charge in [0, 0.05) is 34.8 Å². The molecule has 1 amide bonds. The lowest BCUT2D eigenvalue weighted by Crippen LogP contribution is -2.11. The van der Waals surface area contributed by atoms with E-state index in [1.54, 1.807) is 35.0 Å². The number of fused-ring (bicyclic) bond motifs is 1. The van der Waals surface area contributed by atoms with Gasteiger partial charge in [0.1, 0.15) is 6.54 Å². The summed E-state index contributed by atoms with van der Waals surface area (Å²) in [5, 5.41) is 16.6. The summed E-state index contributed by atoms with van der Waals surface area (Å²) >= 11 is 0. The molecule has 0 bridgehead atoms. The van der Waals surface area contributed by atoms with Crippen molar-refractivity contribution in [1.82, 2.24) is 9.72 Å². The summed E-state index contributed by atoms with van der Waals surface area (Å²) in [7, 11) is 0. The minimum atomic E-state index is -0.904. The molecule has 1 aromatic carbocycles. The van der Waals surface area contributed by atoms with E-state index in [-0.39, 0.29) is 24.1 Å². The highest BCUT2D eigenvalue weighted by molar-refractivity contribution is 6.03. The van der Waals surface area contributed by atoms with Crippen LogP contribution in [0.25, 0.3) is 10.9 Å². The van der Waals surface area contributed by atoms with Crippen molar-refractivity contribution in [3.63, 3.8) is 0 Å². The van der Waals surface area contributed by atoms with Crippen LogP contribution in [0.4, 0.5) is 5.69 Å². The van der Waals surface area contributed by atoms with E-state index in [0.29, 0.717) is 5.69 Å². The number of aromatic nitrogens is 2. The van der Waals surface area contributed by atoms with E-state index in [2.05, 4.69) is 24.3 Å². The van der Waals surface area contributed by atoms with Gasteiger partial charge in [-0.1, -0.05) is 19.0 Å². The zero-order chi connectivity index (χ0) is 18.7. The first-order chi connectivity index (χ1) is 12.5. The van der Waals surface area contributed by atoms with Crippen LogP contribution in [0.15, 0.2) is 41.1 Å². The van der Waals surface area contributed by atoms with Crippen molar-refractivity contribution in [2.24, 2.45) is 0 Å². The summed E-state index contributed by atoms with van der Waals surface area (Å²) < 4.78 is 6.83. The third kappa shape index (κ3) is 3.61. The number of carboxylic acids is 1. The maximum Gasteiger partial charge on any atom is 0.323 e. The Morgan fingerprint density at radius 3 is 2.69 bits per heavy atom. The largest absolute Gasteiger partial charge is 0.480 e. The van der Waals surface area contributed by atoms with Gasteiger partial charge in [0.05, 0.1) is 5.69 Å². The summed E-state index contributed by atoms with van der Waals surface area (Å²) in [6.07, 6.45) is 3.59. The zero-order valence-corrected chi connectivity index (χ0v) is 14.7. The molecule has 7 heteroatoms. The van der Waals surface area contributed by atoms with E-state index < -0.39 is 5.97 Å². The molecule has 0 saturated carbocycles. The van der Waals surface area contributed by atoms with Crippen LogP contribution < -0.4 is 5.32 Å². The molecule has 7 nitrogen and oxygen atoms in total. The van der Waals surface area contributed by atoms with Gasteiger partial charge in [-0.3, -0.25) is 9.59 Å². The van der Waals surface area contributed by atoms with E-state index in [1.807, 2.05) is 6.07 Å². The van der Waals surface area contributed by atoms with Gasteiger partial charge in [-0.15, -0.1) is 0 Å². The second-order valence-electron chi connectivity index (χ2n) is 6.19. The molecular formula is C19H21N3O4. The van der Waals surface area contributed by atoms with E-state index in [4.69, 9.17) is 9.63 Å². The summed E-state index contributed by atoms with van der Waals surface area (Å²) in [4.78, 5) is 23.3. The number of aliphatic carboxylic acids is 1. The zero-order valence-electron chi connectivity index (χ0n) is 14.7. The molecule has 3 rings (SSSR count). The number of carboxylic acid groups (broad SMARTS) is 1. The third-order valence-electron chi connectivity index (χ3n) is 4.49. The third-order valence-corrected chi connectivity index (χ3v) is 4.49. The molecular weight excluding hydrogens is 334 g/mol. The van der Waals surface area contributed by atoms with Crippen LogP contribution in [0.1, 0.15) is 48.9 Å². The maximum atomic E-state index is 12.4. The topological polar surface area (TPSA) is 97.4 Å². The molecule has 2 N–H and O–H groups in total. The fourth-order valence-corrected chi connectivity index (χ4v) is 3.05. The van der Waals surface area contributed by atoms with Crippen LogP contribution >= 0.6 is 0 Å². The number of hydrogen-bond donors (Lipinski definition) is 2. The van der Waals surface area contributed by atoms with Gasteiger partial charge in [0.15, 0.2) is 0 Å². The lowest BCUT2D eigenvalue weighted by Gasteiger charge is -2.06. The highest BCUT2D eigenvalue weighted by Gasteiger charge is 2.18. The Morgan fingerprint density at radius 2 is 2.00 bits per heavy atom. The normalized spacial score (nSPS) is 11.2. The molecule has 0 aliphatic heterocycles. The van der Waals surface area contributed by atoms with Crippen molar-refractivity contribution in [2.45, 2.75) is 39.2 Å². The Balaban J connectivity index is 1.76. The van der Waals surface area contributed by atoms with Gasteiger partial charge < -0.3 is 19.5 Å². The predicted octanol–water partition coefficient (Wildman–Crippen LogP) is 3.87. The Labute approximate surface area is 150 Å². The van der Waals surface area contributed by atoms with Crippen LogP contribution in [0.2, 0.25) is 0 Å². The smallest absolute Gasteiger partial charge is 0.323 e. The monoisotopic (exact) mass is 355 g/mol. The number of nitrogens with zero attached hydrogens (tertiary/aromatic N) is 2. The molecule has 136 valence electrons. The van der Waals surface area contributed by atoms with Gasteiger partial charge in [0.2, 0.25) is 5.76 Å². The summed E-state index contributed by atoms with van der Waals surface area (Å²) in [6, 6.07) is 8.81. The van der Waals surface area contributed by atoms with E-state index >= 15 is 0 Å². The fraction of sp³-hybridized carbons (Fsp3) is 0.316. The molecule has 0 unspecified atom stereocenters. The molecule has 0 spiro atoms. The molecule has 2 aromatic heterocycles. The molecule has 0 atom stereocenters. The number of hydrogen-bond acceptors (Lipinski definition) is 4. The first kappa shape index (κ1) is 17.7. The minimum absolute atomic E-state index is 0.105. The Morgan fingerprint density at radius 1 is 1.23 bits per heavy atom. The van der Waals surface area contributed by atoms with Gasteiger partial charge in [-0.2, -0.15) is 0 Å². The molecule has 0 aliphatic carbocycles. The second kappa shape index (κ2) is 7.43. The van der Waals surface area contributed by atoms with Crippen molar-refractivity contribution in [2.75, 3.05) is 5.32 Å². The Kier molecular flexibility index (Phi) is 5.06. The quantitative estimate of drug-likeness (QED) is 0.670. The number of carbonyl (C=O) groups excluding carboxylic acids is 1. The molecule has 0 saturated heterocycles. The van der Waals surface area contributed by atoms with Crippen LogP contribution in [-0.2, 0) is 11.3 Å². The summed E-state index contributed by atoms with van der Waals surface area (Å²) in [6.45, 7) is 4.05. The van der Waals surface area contributed by atoms with E-state index in [1.165, 1.54) is 0 Å². The molecule has 3 aromatic rings. The molecule has 0 radical (unpaired) electrons. The summed E-state index contributed by atoms with van der Waals surface area (Å²) in [5.74, 6) is -0.807. The average molecular weight is 355 g/mol. The molecule has 0 aliphatic rings. The number of amides is 1. The second-order valence-corrected chi connectivity index (χ2v) is 6.19. The van der Waals surface area contributed by atoms with Crippen molar-refractivity contribution < 1.29 is 19.2 Å². The van der Waals surface area contributed by atoms with E-state index in [9.17, 15) is 9.59 Å². The minimum Gasteiger partial charge on any atom is -0.480 e. The molecule has 26 heavy (non-hydrogen) atoms. The van der Waals surface area contributed by atoms with Crippen LogP contribution in [-0.4, -0.2) is 26.7 Å². The number of benzene rings is 1. The van der Waals surface area contributed by atoms with Gasteiger partial charge in [-0.05, 0) is 37.1 Å². The average Bonchev–Trinajstić information content (AvgIpc) is 3.23. The fourth-order valence-electron chi connectivity index (χ4n) is 3.05. The van der Waals surface area contributed by atoms with Crippen molar-refractivity contribution in [3.8, 4) is 0 Å². The highest BCUT2D eigenvalue weighted by Crippen LogP contribution is 2.24. The number of carbonyl (C=O) groups is 2. The van der Waals surface area contributed by atoms with Crippen molar-refractivity contribution in [1.29, 1.82) is 0 Å². The molecule has 2 heterocycles.